The molecule has 0 atom stereocenters. The van der Waals surface area contributed by atoms with Crippen molar-refractivity contribution in [2.24, 2.45) is 0 Å². The maximum Gasteiger partial charge on any atom is 0.207 e. The second-order valence-corrected chi connectivity index (χ2v) is 3.85. The van der Waals surface area contributed by atoms with Crippen LogP contribution in [0.25, 0.3) is 0 Å². The van der Waals surface area contributed by atoms with Crippen LogP contribution in [0.1, 0.15) is 51.9 Å². The van der Waals surface area contributed by atoms with E-state index in [1.807, 2.05) is 0 Å². The molecule has 0 heterocycles. The van der Waals surface area contributed by atoms with Gasteiger partial charge in [-0.2, -0.15) is 0 Å². The summed E-state index contributed by atoms with van der Waals surface area (Å²) in [6, 6.07) is 0. The van der Waals surface area contributed by atoms with Gasteiger partial charge in [-0.25, -0.2) is 0 Å². The van der Waals surface area contributed by atoms with Crippen LogP contribution >= 0.6 is 0 Å². The lowest BCUT2D eigenvalue weighted by molar-refractivity contribution is -0.111. The molecule has 1 fully saturated rings. The Morgan fingerprint density at radius 1 is 1.42 bits per heavy atom. The molecule has 1 aliphatic carbocycles. The van der Waals surface area contributed by atoms with Gasteiger partial charge in [-0.1, -0.05) is 32.6 Å². The number of hydrogen-bond acceptors (Lipinski definition) is 1. The zero-order chi connectivity index (χ0) is 8.86. The Labute approximate surface area is 74.7 Å². The van der Waals surface area contributed by atoms with Crippen LogP contribution in [-0.4, -0.2) is 11.9 Å². The summed E-state index contributed by atoms with van der Waals surface area (Å²) in [4.78, 5) is 10.4. The first-order valence-corrected chi connectivity index (χ1v) is 5.04. The lowest BCUT2D eigenvalue weighted by Crippen LogP contribution is -2.41. The molecule has 1 rings (SSSR count). The molecule has 1 amide bonds. The third-order valence-electron chi connectivity index (χ3n) is 2.93. The van der Waals surface area contributed by atoms with E-state index in [-0.39, 0.29) is 5.54 Å². The fourth-order valence-electron chi connectivity index (χ4n) is 2.16. The molecule has 0 aliphatic heterocycles. The van der Waals surface area contributed by atoms with E-state index in [9.17, 15) is 4.79 Å². The van der Waals surface area contributed by atoms with Crippen molar-refractivity contribution in [3.8, 4) is 0 Å². The van der Waals surface area contributed by atoms with Crippen molar-refractivity contribution in [2.75, 3.05) is 0 Å². The van der Waals surface area contributed by atoms with Crippen molar-refractivity contribution in [3.63, 3.8) is 0 Å². The van der Waals surface area contributed by atoms with Gasteiger partial charge in [-0.3, -0.25) is 4.79 Å². The average molecular weight is 169 g/mol. The molecule has 1 aliphatic rings. The van der Waals surface area contributed by atoms with Gasteiger partial charge >= 0.3 is 0 Å². The Balaban J connectivity index is 2.40. The van der Waals surface area contributed by atoms with Crippen LogP contribution < -0.4 is 5.32 Å². The maximum absolute atomic E-state index is 10.4. The molecule has 0 saturated heterocycles. The highest BCUT2D eigenvalue weighted by Crippen LogP contribution is 2.33. The van der Waals surface area contributed by atoms with Crippen LogP contribution in [0.3, 0.4) is 0 Å². The van der Waals surface area contributed by atoms with E-state index < -0.39 is 0 Å². The summed E-state index contributed by atoms with van der Waals surface area (Å²) >= 11 is 0. The van der Waals surface area contributed by atoms with Crippen molar-refractivity contribution in [1.29, 1.82) is 0 Å². The number of rotatable bonds is 5. The first-order chi connectivity index (χ1) is 5.83. The number of hydrogen-bond donors (Lipinski definition) is 1. The molecule has 1 saturated carbocycles. The number of unbranched alkanes of at least 4 members (excludes halogenated alkanes) is 1. The van der Waals surface area contributed by atoms with Crippen molar-refractivity contribution in [2.45, 2.75) is 57.4 Å². The van der Waals surface area contributed by atoms with E-state index in [0.29, 0.717) is 0 Å². The molecule has 0 aromatic heterocycles. The second-order valence-electron chi connectivity index (χ2n) is 3.85. The van der Waals surface area contributed by atoms with E-state index in [0.717, 1.165) is 6.41 Å². The predicted molar refractivity (Wildman–Crippen MR) is 49.9 cm³/mol. The van der Waals surface area contributed by atoms with Crippen molar-refractivity contribution >= 4 is 6.41 Å². The molecule has 0 aromatic rings. The molecular weight excluding hydrogens is 150 g/mol. The second kappa shape index (κ2) is 4.48. The smallest absolute Gasteiger partial charge is 0.207 e. The lowest BCUT2D eigenvalue weighted by Gasteiger charge is -2.28. The van der Waals surface area contributed by atoms with Gasteiger partial charge in [0.15, 0.2) is 0 Å². The highest BCUT2D eigenvalue weighted by molar-refractivity contribution is 5.48. The molecule has 0 aromatic carbocycles. The van der Waals surface area contributed by atoms with Gasteiger partial charge in [0.2, 0.25) is 6.41 Å². The summed E-state index contributed by atoms with van der Waals surface area (Å²) in [5, 5.41) is 3.01. The SMILES string of the molecule is CCCCC1(NC=O)CCCC1. The topological polar surface area (TPSA) is 29.1 Å². The molecule has 0 spiro atoms. The zero-order valence-corrected chi connectivity index (χ0v) is 7.94. The van der Waals surface area contributed by atoms with Gasteiger partial charge in [-0.15, -0.1) is 0 Å². The minimum atomic E-state index is 0.178. The predicted octanol–water partition coefficient (Wildman–Crippen LogP) is 2.24. The Hall–Kier alpha value is -0.530. The number of carbonyl (C=O) groups excluding carboxylic acids is 1. The van der Waals surface area contributed by atoms with E-state index in [1.165, 1.54) is 44.9 Å². The monoisotopic (exact) mass is 169 g/mol. The first-order valence-electron chi connectivity index (χ1n) is 5.04. The van der Waals surface area contributed by atoms with Crippen molar-refractivity contribution in [3.05, 3.63) is 0 Å². The van der Waals surface area contributed by atoms with Gasteiger partial charge in [0.25, 0.3) is 0 Å². The Morgan fingerprint density at radius 2 is 2.08 bits per heavy atom. The van der Waals surface area contributed by atoms with E-state index >= 15 is 0 Å². The molecule has 1 N–H and O–H groups in total. The third kappa shape index (κ3) is 2.23. The molecule has 0 bridgehead atoms. The molecule has 70 valence electrons. The summed E-state index contributed by atoms with van der Waals surface area (Å²) in [6.07, 6.45) is 9.44. The van der Waals surface area contributed by atoms with Crippen LogP contribution in [0.2, 0.25) is 0 Å². The van der Waals surface area contributed by atoms with Crippen LogP contribution in [-0.2, 0) is 4.79 Å². The van der Waals surface area contributed by atoms with Crippen molar-refractivity contribution in [1.82, 2.24) is 5.32 Å². The Bertz CT molecular complexity index is 139. The van der Waals surface area contributed by atoms with Crippen LogP contribution in [0, 0.1) is 0 Å². The summed E-state index contributed by atoms with van der Waals surface area (Å²) < 4.78 is 0. The third-order valence-corrected chi connectivity index (χ3v) is 2.93. The number of carbonyl (C=O) groups is 1. The van der Waals surface area contributed by atoms with Crippen LogP contribution in [0.15, 0.2) is 0 Å². The van der Waals surface area contributed by atoms with Crippen molar-refractivity contribution < 1.29 is 4.79 Å². The van der Waals surface area contributed by atoms with Gasteiger partial charge in [0.05, 0.1) is 0 Å². The van der Waals surface area contributed by atoms with Crippen LogP contribution in [0.4, 0.5) is 0 Å². The van der Waals surface area contributed by atoms with E-state index in [2.05, 4.69) is 12.2 Å². The minimum Gasteiger partial charge on any atom is -0.353 e. The largest absolute Gasteiger partial charge is 0.353 e. The first kappa shape index (κ1) is 9.56. The van der Waals surface area contributed by atoms with Gasteiger partial charge in [0.1, 0.15) is 0 Å². The highest BCUT2D eigenvalue weighted by atomic mass is 16.1. The molecule has 0 unspecified atom stereocenters. The molecule has 2 nitrogen and oxygen atoms in total. The van der Waals surface area contributed by atoms with E-state index in [4.69, 9.17) is 0 Å². The zero-order valence-electron chi connectivity index (χ0n) is 7.94. The molecule has 2 heteroatoms. The van der Waals surface area contributed by atoms with Crippen LogP contribution in [0.5, 0.6) is 0 Å². The van der Waals surface area contributed by atoms with Gasteiger partial charge in [0, 0.05) is 5.54 Å². The summed E-state index contributed by atoms with van der Waals surface area (Å²) in [5.74, 6) is 0. The fraction of sp³-hybridized carbons (Fsp3) is 0.900. The minimum absolute atomic E-state index is 0.178. The number of nitrogens with one attached hydrogen (secondary N) is 1. The number of amides is 1. The average Bonchev–Trinajstić information content (AvgIpc) is 2.51. The van der Waals surface area contributed by atoms with Gasteiger partial charge in [-0.05, 0) is 19.3 Å². The molecule has 0 radical (unpaired) electrons. The maximum atomic E-state index is 10.4. The highest BCUT2D eigenvalue weighted by Gasteiger charge is 2.32. The molecular formula is C10H19NO. The summed E-state index contributed by atoms with van der Waals surface area (Å²) in [5.41, 5.74) is 0.178. The summed E-state index contributed by atoms with van der Waals surface area (Å²) in [7, 11) is 0. The van der Waals surface area contributed by atoms with E-state index in [1.54, 1.807) is 0 Å². The fourth-order valence-corrected chi connectivity index (χ4v) is 2.16. The normalized spacial score (nSPS) is 20.8. The Morgan fingerprint density at radius 3 is 2.58 bits per heavy atom. The van der Waals surface area contributed by atoms with Gasteiger partial charge < -0.3 is 5.32 Å². The lowest BCUT2D eigenvalue weighted by atomic mass is 9.91. The standard InChI is InChI=1S/C10H19NO/c1-2-3-6-10(11-9-12)7-4-5-8-10/h9H,2-8H2,1H3,(H,11,12). The Kier molecular flexibility index (Phi) is 3.57. The summed E-state index contributed by atoms with van der Waals surface area (Å²) in [6.45, 7) is 2.20. The molecule has 12 heavy (non-hydrogen) atoms. The quantitative estimate of drug-likeness (QED) is 0.628.